The molecule has 0 bridgehead atoms. The number of amides is 3. The van der Waals surface area contributed by atoms with Crippen molar-refractivity contribution in [3.8, 4) is 0 Å². The number of carbonyl (C=O) groups excluding carboxylic acids is 2. The lowest BCUT2D eigenvalue weighted by Crippen LogP contribution is -2.41. The molecule has 1 saturated carbocycles. The van der Waals surface area contributed by atoms with Gasteiger partial charge < -0.3 is 20.7 Å². The molecule has 1 aliphatic carbocycles. The molecule has 0 radical (unpaired) electrons. The van der Waals surface area contributed by atoms with Crippen LogP contribution in [0.1, 0.15) is 19.3 Å². The van der Waals surface area contributed by atoms with Crippen molar-refractivity contribution in [3.63, 3.8) is 0 Å². The van der Waals surface area contributed by atoms with E-state index in [9.17, 15) is 9.59 Å². The number of methoxy groups -OCH3 is 1. The van der Waals surface area contributed by atoms with Crippen LogP contribution in [0, 0.1) is 5.92 Å². The van der Waals surface area contributed by atoms with Crippen LogP contribution in [0.25, 0.3) is 0 Å². The topological polar surface area (TPSA) is 79.5 Å². The van der Waals surface area contributed by atoms with Gasteiger partial charge in [-0.3, -0.25) is 4.79 Å². The van der Waals surface area contributed by atoms with Gasteiger partial charge >= 0.3 is 6.03 Å². The molecule has 1 rings (SSSR count). The molecule has 0 aromatic carbocycles. The van der Waals surface area contributed by atoms with Gasteiger partial charge in [0.25, 0.3) is 0 Å². The molecule has 0 atom stereocenters. The van der Waals surface area contributed by atoms with Crippen molar-refractivity contribution in [2.24, 2.45) is 5.92 Å². The van der Waals surface area contributed by atoms with Crippen LogP contribution in [-0.2, 0) is 9.53 Å². The second-order valence-corrected chi connectivity index (χ2v) is 4.09. The van der Waals surface area contributed by atoms with Gasteiger partial charge in [-0.15, -0.1) is 0 Å². The van der Waals surface area contributed by atoms with Gasteiger partial charge in [-0.05, 0) is 19.3 Å². The summed E-state index contributed by atoms with van der Waals surface area (Å²) in [6.07, 6.45) is 2.79. The fraction of sp³-hybridized carbons (Fsp3) is 0.818. The lowest BCUT2D eigenvalue weighted by atomic mass is 10.4. The predicted molar refractivity (Wildman–Crippen MR) is 63.6 cm³/mol. The number of nitrogens with one attached hydrogen (secondary N) is 3. The Labute approximate surface area is 101 Å². The van der Waals surface area contributed by atoms with Gasteiger partial charge in [-0.2, -0.15) is 0 Å². The molecule has 0 unspecified atom stereocenters. The van der Waals surface area contributed by atoms with Crippen molar-refractivity contribution in [1.82, 2.24) is 16.0 Å². The molecule has 17 heavy (non-hydrogen) atoms. The number of hydrogen-bond donors (Lipinski definition) is 3. The highest BCUT2D eigenvalue weighted by Crippen LogP contribution is 2.28. The number of carbonyl (C=O) groups is 2. The second kappa shape index (κ2) is 7.89. The Morgan fingerprint density at radius 2 is 1.76 bits per heavy atom. The minimum atomic E-state index is -0.207. The molecular weight excluding hydrogens is 222 g/mol. The van der Waals surface area contributed by atoms with Gasteiger partial charge in [0.1, 0.15) is 0 Å². The maximum Gasteiger partial charge on any atom is 0.314 e. The van der Waals surface area contributed by atoms with Crippen LogP contribution < -0.4 is 16.0 Å². The highest BCUT2D eigenvalue weighted by molar-refractivity contribution is 5.80. The van der Waals surface area contributed by atoms with Crippen molar-refractivity contribution >= 4 is 11.9 Å². The predicted octanol–water partition coefficient (Wildman–Crippen LogP) is -0.152. The summed E-state index contributed by atoms with van der Waals surface area (Å²) in [5.41, 5.74) is 0. The zero-order valence-corrected chi connectivity index (χ0v) is 10.3. The van der Waals surface area contributed by atoms with Crippen LogP contribution in [0.3, 0.4) is 0 Å². The summed E-state index contributed by atoms with van der Waals surface area (Å²) in [5.74, 6) is 0.324. The van der Waals surface area contributed by atoms with E-state index in [0.29, 0.717) is 26.2 Å². The maximum atomic E-state index is 11.2. The first-order chi connectivity index (χ1) is 8.24. The summed E-state index contributed by atoms with van der Waals surface area (Å²) >= 11 is 0. The molecule has 0 aromatic heterocycles. The minimum Gasteiger partial charge on any atom is -0.385 e. The van der Waals surface area contributed by atoms with Crippen molar-refractivity contribution < 1.29 is 14.3 Å². The smallest absolute Gasteiger partial charge is 0.314 e. The molecule has 1 aliphatic rings. The average molecular weight is 243 g/mol. The fourth-order valence-electron chi connectivity index (χ4n) is 1.33. The van der Waals surface area contributed by atoms with Gasteiger partial charge in [-0.25, -0.2) is 4.79 Å². The van der Waals surface area contributed by atoms with E-state index >= 15 is 0 Å². The molecule has 0 aromatic rings. The first-order valence-corrected chi connectivity index (χ1v) is 6.02. The summed E-state index contributed by atoms with van der Waals surface area (Å²) in [6.45, 7) is 2.17. The molecule has 3 amide bonds. The fourth-order valence-corrected chi connectivity index (χ4v) is 1.33. The number of hydrogen-bond acceptors (Lipinski definition) is 3. The van der Waals surface area contributed by atoms with Crippen LogP contribution in [0.4, 0.5) is 4.79 Å². The Hall–Kier alpha value is -1.30. The van der Waals surface area contributed by atoms with Crippen molar-refractivity contribution in [2.45, 2.75) is 19.3 Å². The molecule has 0 spiro atoms. The summed E-state index contributed by atoms with van der Waals surface area (Å²) in [4.78, 5) is 22.5. The zero-order chi connectivity index (χ0) is 12.5. The number of ether oxygens (including phenoxy) is 1. The van der Waals surface area contributed by atoms with E-state index in [1.807, 2.05) is 0 Å². The Kier molecular flexibility index (Phi) is 6.39. The summed E-state index contributed by atoms with van der Waals surface area (Å²) in [5, 5.41) is 8.14. The summed E-state index contributed by atoms with van der Waals surface area (Å²) in [6, 6.07) is -0.207. The number of urea groups is 1. The summed E-state index contributed by atoms with van der Waals surface area (Å²) < 4.78 is 4.86. The van der Waals surface area contributed by atoms with E-state index in [4.69, 9.17) is 4.74 Å². The van der Waals surface area contributed by atoms with Crippen LogP contribution in [0.15, 0.2) is 0 Å². The molecular formula is C11H21N3O3. The summed E-state index contributed by atoms with van der Waals surface area (Å²) in [7, 11) is 1.63. The molecule has 6 nitrogen and oxygen atoms in total. The van der Waals surface area contributed by atoms with E-state index in [2.05, 4.69) is 16.0 Å². The van der Waals surface area contributed by atoms with Crippen molar-refractivity contribution in [1.29, 1.82) is 0 Å². The van der Waals surface area contributed by atoms with E-state index in [-0.39, 0.29) is 17.9 Å². The minimum absolute atomic E-state index is 0.104. The molecule has 0 saturated heterocycles. The zero-order valence-electron chi connectivity index (χ0n) is 10.3. The molecule has 0 aliphatic heterocycles. The standard InChI is InChI=1S/C11H21N3O3/c1-17-8-2-5-13-11(16)14-7-6-12-10(15)9-3-4-9/h9H,2-8H2,1H3,(H,12,15)(H2,13,14,16). The van der Waals surface area contributed by atoms with Crippen LogP contribution in [0.2, 0.25) is 0 Å². The maximum absolute atomic E-state index is 11.2. The SMILES string of the molecule is COCCCNC(=O)NCCNC(=O)C1CC1. The van der Waals surface area contributed by atoms with Gasteiger partial charge in [0.2, 0.25) is 5.91 Å². The second-order valence-electron chi connectivity index (χ2n) is 4.09. The van der Waals surface area contributed by atoms with Crippen LogP contribution in [-0.4, -0.2) is 45.3 Å². The average Bonchev–Trinajstić information content (AvgIpc) is 3.14. The Morgan fingerprint density at radius 3 is 2.41 bits per heavy atom. The largest absolute Gasteiger partial charge is 0.385 e. The third-order valence-electron chi connectivity index (χ3n) is 2.47. The van der Waals surface area contributed by atoms with Gasteiger partial charge in [0.05, 0.1) is 0 Å². The Balaban J connectivity index is 1.87. The molecule has 6 heteroatoms. The third kappa shape index (κ3) is 6.78. The Bertz CT molecular complexity index is 254. The van der Waals surface area contributed by atoms with Crippen LogP contribution >= 0.6 is 0 Å². The van der Waals surface area contributed by atoms with E-state index in [1.54, 1.807) is 7.11 Å². The Morgan fingerprint density at radius 1 is 1.12 bits per heavy atom. The van der Waals surface area contributed by atoms with Gasteiger partial charge in [0, 0.05) is 39.3 Å². The number of rotatable bonds is 8. The van der Waals surface area contributed by atoms with Gasteiger partial charge in [-0.1, -0.05) is 0 Å². The van der Waals surface area contributed by atoms with Crippen molar-refractivity contribution in [2.75, 3.05) is 33.4 Å². The lowest BCUT2D eigenvalue weighted by molar-refractivity contribution is -0.122. The quantitative estimate of drug-likeness (QED) is 0.519. The first-order valence-electron chi connectivity index (χ1n) is 6.02. The van der Waals surface area contributed by atoms with Crippen LogP contribution in [0.5, 0.6) is 0 Å². The molecule has 0 heterocycles. The first kappa shape index (κ1) is 13.8. The van der Waals surface area contributed by atoms with E-state index in [0.717, 1.165) is 19.3 Å². The van der Waals surface area contributed by atoms with Crippen molar-refractivity contribution in [3.05, 3.63) is 0 Å². The van der Waals surface area contributed by atoms with E-state index in [1.165, 1.54) is 0 Å². The van der Waals surface area contributed by atoms with Gasteiger partial charge in [0.15, 0.2) is 0 Å². The highest BCUT2D eigenvalue weighted by atomic mass is 16.5. The normalized spacial score (nSPS) is 14.2. The third-order valence-corrected chi connectivity index (χ3v) is 2.47. The molecule has 3 N–H and O–H groups in total. The van der Waals surface area contributed by atoms with E-state index < -0.39 is 0 Å². The monoisotopic (exact) mass is 243 g/mol. The lowest BCUT2D eigenvalue weighted by Gasteiger charge is -2.08. The highest BCUT2D eigenvalue weighted by Gasteiger charge is 2.28. The molecule has 98 valence electrons. The molecule has 1 fully saturated rings.